The molecule has 0 saturated carbocycles. The van der Waals surface area contributed by atoms with Crippen LogP contribution in [0.25, 0.3) is 10.9 Å². The Labute approximate surface area is 146 Å². The summed E-state index contributed by atoms with van der Waals surface area (Å²) in [5.41, 5.74) is 4.73. The van der Waals surface area contributed by atoms with E-state index >= 15 is 0 Å². The molecule has 25 heavy (non-hydrogen) atoms. The van der Waals surface area contributed by atoms with E-state index in [0.717, 1.165) is 33.3 Å². The fourth-order valence-electron chi connectivity index (χ4n) is 3.42. The van der Waals surface area contributed by atoms with Crippen LogP contribution in [0.1, 0.15) is 22.4 Å². The molecule has 0 radical (unpaired) electrons. The normalized spacial score (nSPS) is 15.5. The number of benzene rings is 2. The lowest BCUT2D eigenvalue weighted by Gasteiger charge is -2.26. The third-order valence-electron chi connectivity index (χ3n) is 5.02. The Morgan fingerprint density at radius 2 is 1.88 bits per heavy atom. The zero-order valence-corrected chi connectivity index (χ0v) is 15.0. The van der Waals surface area contributed by atoms with Crippen molar-refractivity contribution in [1.29, 1.82) is 0 Å². The second-order valence-electron chi connectivity index (χ2n) is 6.61. The highest BCUT2D eigenvalue weighted by molar-refractivity contribution is 7.89. The lowest BCUT2D eigenvalue weighted by molar-refractivity contribution is 0.388. The summed E-state index contributed by atoms with van der Waals surface area (Å²) in [4.78, 5) is 3.57. The summed E-state index contributed by atoms with van der Waals surface area (Å²) in [6.45, 7) is 4.55. The average Bonchev–Trinajstić information content (AvgIpc) is 2.94. The summed E-state index contributed by atoms with van der Waals surface area (Å²) in [6, 6.07) is 9.84. The van der Waals surface area contributed by atoms with Gasteiger partial charge in [-0.15, -0.1) is 0 Å². The minimum absolute atomic E-state index is 0.278. The molecular weight excluding hydrogens is 339 g/mol. The third-order valence-corrected chi connectivity index (χ3v) is 6.86. The van der Waals surface area contributed by atoms with Gasteiger partial charge in [-0.05, 0) is 67.3 Å². The first-order valence-corrected chi connectivity index (χ1v) is 9.66. The summed E-state index contributed by atoms with van der Waals surface area (Å²) >= 11 is 0. The van der Waals surface area contributed by atoms with Crippen LogP contribution in [0.3, 0.4) is 0 Å². The molecule has 0 atom stereocenters. The number of hydrogen-bond donors (Lipinski definition) is 1. The number of halogens is 1. The fourth-order valence-corrected chi connectivity index (χ4v) is 4.91. The number of fused-ring (bicyclic) bond motifs is 3. The lowest BCUT2D eigenvalue weighted by Crippen LogP contribution is -2.35. The highest BCUT2D eigenvalue weighted by Gasteiger charge is 2.30. The number of aromatic amines is 1. The summed E-state index contributed by atoms with van der Waals surface area (Å²) in [5.74, 6) is -0.278. The monoisotopic (exact) mass is 358 g/mol. The molecule has 0 aliphatic carbocycles. The van der Waals surface area contributed by atoms with E-state index in [4.69, 9.17) is 0 Å². The molecule has 0 bridgehead atoms. The van der Waals surface area contributed by atoms with Gasteiger partial charge < -0.3 is 4.98 Å². The molecule has 6 heteroatoms. The van der Waals surface area contributed by atoms with E-state index < -0.39 is 10.0 Å². The largest absolute Gasteiger partial charge is 0.357 e. The van der Waals surface area contributed by atoms with E-state index in [-0.39, 0.29) is 12.4 Å². The Kier molecular flexibility index (Phi) is 3.70. The van der Waals surface area contributed by atoms with Crippen LogP contribution in [-0.2, 0) is 23.0 Å². The maximum atomic E-state index is 13.5. The van der Waals surface area contributed by atoms with Gasteiger partial charge in [0.1, 0.15) is 5.82 Å². The van der Waals surface area contributed by atoms with Crippen LogP contribution in [-0.4, -0.2) is 24.3 Å². The van der Waals surface area contributed by atoms with Crippen molar-refractivity contribution in [3.63, 3.8) is 0 Å². The van der Waals surface area contributed by atoms with Crippen LogP contribution in [0.15, 0.2) is 41.3 Å². The number of aryl methyl sites for hydroxylation is 2. The molecule has 1 N–H and O–H groups in total. The molecule has 0 amide bonds. The van der Waals surface area contributed by atoms with Gasteiger partial charge in [-0.2, -0.15) is 4.31 Å². The molecule has 4 rings (SSSR count). The standard InChI is InChI=1S/C19H19FN2O2S/c1-12-3-5-15(9-13(12)2)25(23,24)22-8-7-16-17-10-14(20)4-6-18(17)21-19(16)11-22/h3-6,9-10,21H,7-8,11H2,1-2H3. The third kappa shape index (κ3) is 2.65. The maximum absolute atomic E-state index is 13.5. The van der Waals surface area contributed by atoms with Gasteiger partial charge >= 0.3 is 0 Å². The molecular formula is C19H19FN2O2S. The summed E-state index contributed by atoms with van der Waals surface area (Å²) in [6.07, 6.45) is 0.572. The van der Waals surface area contributed by atoms with E-state index in [1.165, 1.54) is 16.4 Å². The van der Waals surface area contributed by atoms with E-state index in [1.807, 2.05) is 19.9 Å². The second kappa shape index (κ2) is 5.68. The zero-order valence-electron chi connectivity index (χ0n) is 14.1. The first kappa shape index (κ1) is 16.3. The van der Waals surface area contributed by atoms with E-state index in [9.17, 15) is 12.8 Å². The highest BCUT2D eigenvalue weighted by Crippen LogP contribution is 2.31. The molecule has 2 heterocycles. The summed E-state index contributed by atoms with van der Waals surface area (Å²) < 4.78 is 41.0. The number of sulfonamides is 1. The number of rotatable bonds is 2. The fraction of sp³-hybridized carbons (Fsp3) is 0.263. The highest BCUT2D eigenvalue weighted by atomic mass is 32.2. The molecule has 0 spiro atoms. The van der Waals surface area contributed by atoms with E-state index in [1.54, 1.807) is 18.2 Å². The Morgan fingerprint density at radius 3 is 2.64 bits per heavy atom. The smallest absolute Gasteiger partial charge is 0.243 e. The lowest BCUT2D eigenvalue weighted by atomic mass is 10.0. The molecule has 0 unspecified atom stereocenters. The van der Waals surface area contributed by atoms with Crippen LogP contribution in [0, 0.1) is 19.7 Å². The van der Waals surface area contributed by atoms with Crippen LogP contribution in [0.5, 0.6) is 0 Å². The van der Waals surface area contributed by atoms with Crippen LogP contribution >= 0.6 is 0 Å². The second-order valence-corrected chi connectivity index (χ2v) is 8.54. The van der Waals surface area contributed by atoms with Crippen LogP contribution in [0.4, 0.5) is 4.39 Å². The molecule has 1 aliphatic heterocycles. The molecule has 1 aliphatic rings. The number of aromatic nitrogens is 1. The van der Waals surface area contributed by atoms with Gasteiger partial charge in [0.2, 0.25) is 10.0 Å². The van der Waals surface area contributed by atoms with Gasteiger partial charge in [-0.25, -0.2) is 12.8 Å². The number of H-pyrrole nitrogens is 1. The van der Waals surface area contributed by atoms with Crippen molar-refractivity contribution < 1.29 is 12.8 Å². The topological polar surface area (TPSA) is 53.2 Å². The number of nitrogens with zero attached hydrogens (tertiary/aromatic N) is 1. The van der Waals surface area contributed by atoms with Crippen molar-refractivity contribution in [2.45, 2.75) is 31.7 Å². The molecule has 3 aromatic rings. The van der Waals surface area contributed by atoms with Crippen LogP contribution < -0.4 is 0 Å². The minimum atomic E-state index is -3.55. The number of hydrogen-bond acceptors (Lipinski definition) is 2. The van der Waals surface area contributed by atoms with Crippen LogP contribution in [0.2, 0.25) is 0 Å². The van der Waals surface area contributed by atoms with Crippen molar-refractivity contribution in [3.8, 4) is 0 Å². The first-order chi connectivity index (χ1) is 11.9. The molecule has 0 fully saturated rings. The van der Waals surface area contributed by atoms with Gasteiger partial charge in [0.15, 0.2) is 0 Å². The van der Waals surface area contributed by atoms with Crippen molar-refractivity contribution >= 4 is 20.9 Å². The van der Waals surface area contributed by atoms with Gasteiger partial charge in [0.25, 0.3) is 0 Å². The van der Waals surface area contributed by atoms with E-state index in [0.29, 0.717) is 17.9 Å². The molecule has 130 valence electrons. The molecule has 0 saturated heterocycles. The number of nitrogens with one attached hydrogen (secondary N) is 1. The summed E-state index contributed by atoms with van der Waals surface area (Å²) in [5, 5.41) is 0.846. The molecule has 2 aromatic carbocycles. The van der Waals surface area contributed by atoms with Gasteiger partial charge in [0, 0.05) is 23.1 Å². The Bertz CT molecular complexity index is 1090. The quantitative estimate of drug-likeness (QED) is 0.760. The average molecular weight is 358 g/mol. The maximum Gasteiger partial charge on any atom is 0.243 e. The zero-order chi connectivity index (χ0) is 17.8. The van der Waals surface area contributed by atoms with Crippen molar-refractivity contribution in [3.05, 3.63) is 64.6 Å². The summed E-state index contributed by atoms with van der Waals surface area (Å²) in [7, 11) is -3.55. The van der Waals surface area contributed by atoms with Gasteiger partial charge in [0.05, 0.1) is 11.4 Å². The van der Waals surface area contributed by atoms with Gasteiger partial charge in [-0.3, -0.25) is 0 Å². The van der Waals surface area contributed by atoms with E-state index in [2.05, 4.69) is 4.98 Å². The van der Waals surface area contributed by atoms with Crippen molar-refractivity contribution in [2.75, 3.05) is 6.54 Å². The minimum Gasteiger partial charge on any atom is -0.357 e. The van der Waals surface area contributed by atoms with Crippen molar-refractivity contribution in [2.24, 2.45) is 0 Å². The first-order valence-electron chi connectivity index (χ1n) is 8.22. The Morgan fingerprint density at radius 1 is 1.08 bits per heavy atom. The predicted octanol–water partition coefficient (Wildman–Crippen LogP) is 3.67. The molecule has 4 nitrogen and oxygen atoms in total. The predicted molar refractivity (Wildman–Crippen MR) is 95.5 cm³/mol. The molecule has 1 aromatic heterocycles. The Balaban J connectivity index is 1.72. The Hall–Kier alpha value is -2.18. The van der Waals surface area contributed by atoms with Crippen molar-refractivity contribution in [1.82, 2.24) is 9.29 Å². The SMILES string of the molecule is Cc1ccc(S(=O)(=O)N2CCc3c([nH]c4ccc(F)cc34)C2)cc1C. The van der Waals surface area contributed by atoms with Gasteiger partial charge in [-0.1, -0.05) is 6.07 Å².